The van der Waals surface area contributed by atoms with Crippen LogP contribution in [0.1, 0.15) is 18.2 Å². The third-order valence-corrected chi connectivity index (χ3v) is 3.57. The molecule has 0 atom stereocenters. The van der Waals surface area contributed by atoms with E-state index >= 15 is 0 Å². The molecule has 22 heavy (non-hydrogen) atoms. The highest BCUT2D eigenvalue weighted by molar-refractivity contribution is 5.90. The Kier molecular flexibility index (Phi) is 2.59. The van der Waals surface area contributed by atoms with Gasteiger partial charge in [-0.15, -0.1) is 10.2 Å². The Bertz CT molecular complexity index is 1010. The molecule has 4 aromatic rings. The number of pyridine rings is 2. The summed E-state index contributed by atoms with van der Waals surface area (Å²) in [7, 11) is 0. The van der Waals surface area contributed by atoms with Gasteiger partial charge in [-0.25, -0.2) is 9.97 Å². The Balaban J connectivity index is 2.08. The van der Waals surface area contributed by atoms with Gasteiger partial charge in [0.15, 0.2) is 0 Å². The summed E-state index contributed by atoms with van der Waals surface area (Å²) in [6, 6.07) is 6.02. The van der Waals surface area contributed by atoms with Gasteiger partial charge in [0.2, 0.25) is 6.39 Å². The predicted octanol–water partition coefficient (Wildman–Crippen LogP) is 3.27. The van der Waals surface area contributed by atoms with E-state index in [1.807, 2.05) is 42.6 Å². The topological polar surface area (TPSA) is 69.1 Å². The summed E-state index contributed by atoms with van der Waals surface area (Å²) in [4.78, 5) is 9.17. The molecule has 0 N–H and O–H groups in total. The molecule has 0 aliphatic heterocycles. The zero-order valence-electron chi connectivity index (χ0n) is 12.2. The second kappa shape index (κ2) is 4.49. The quantitative estimate of drug-likeness (QED) is 0.567. The predicted molar refractivity (Wildman–Crippen MR) is 83.2 cm³/mol. The van der Waals surface area contributed by atoms with E-state index in [0.717, 1.165) is 33.5 Å². The van der Waals surface area contributed by atoms with E-state index in [2.05, 4.69) is 26.7 Å². The molecule has 4 heterocycles. The van der Waals surface area contributed by atoms with Gasteiger partial charge in [-0.05, 0) is 37.6 Å². The zero-order chi connectivity index (χ0) is 15.3. The average molecular weight is 291 g/mol. The van der Waals surface area contributed by atoms with E-state index in [0.29, 0.717) is 11.6 Å². The number of hydrogen-bond donors (Lipinski definition) is 0. The van der Waals surface area contributed by atoms with E-state index in [1.54, 1.807) is 0 Å². The van der Waals surface area contributed by atoms with Gasteiger partial charge in [-0.3, -0.25) is 4.40 Å². The first kappa shape index (κ1) is 12.7. The molecule has 0 aromatic carbocycles. The summed E-state index contributed by atoms with van der Waals surface area (Å²) in [6.45, 7) is 8.03. The number of fused-ring (bicyclic) bond motifs is 3. The lowest BCUT2D eigenvalue weighted by Gasteiger charge is -2.08. The van der Waals surface area contributed by atoms with Crippen LogP contribution in [-0.2, 0) is 0 Å². The van der Waals surface area contributed by atoms with Crippen molar-refractivity contribution in [3.63, 3.8) is 0 Å². The summed E-state index contributed by atoms with van der Waals surface area (Å²) in [5.41, 5.74) is 5.29. The third-order valence-electron chi connectivity index (χ3n) is 3.57. The van der Waals surface area contributed by atoms with Crippen LogP contribution in [0.15, 0.2) is 41.8 Å². The molecule has 4 rings (SSSR count). The van der Waals surface area contributed by atoms with E-state index < -0.39 is 0 Å². The van der Waals surface area contributed by atoms with Gasteiger partial charge in [-0.2, -0.15) is 0 Å². The molecule has 6 heteroatoms. The molecule has 0 aliphatic rings. The van der Waals surface area contributed by atoms with Crippen molar-refractivity contribution in [3.8, 4) is 11.6 Å². The smallest absolute Gasteiger partial charge is 0.267 e. The number of nitrogens with zero attached hydrogens (tertiary/aromatic N) is 5. The summed E-state index contributed by atoms with van der Waals surface area (Å²) in [5, 5.41) is 8.63. The lowest BCUT2D eigenvalue weighted by molar-refractivity contribution is 0.567. The first-order valence-electron chi connectivity index (χ1n) is 6.85. The molecule has 0 radical (unpaired) electrons. The zero-order valence-corrected chi connectivity index (χ0v) is 12.2. The lowest BCUT2D eigenvalue weighted by atomic mass is 10.0. The first-order chi connectivity index (χ1) is 10.6. The fraction of sp³-hybridized carbons (Fsp3) is 0.125. The molecule has 0 saturated carbocycles. The summed E-state index contributed by atoms with van der Waals surface area (Å²) in [5.74, 6) is 0.393. The van der Waals surface area contributed by atoms with Gasteiger partial charge in [0.25, 0.3) is 5.89 Å². The van der Waals surface area contributed by atoms with Crippen molar-refractivity contribution in [3.05, 3.63) is 48.6 Å². The molecular formula is C16H13N5O. The van der Waals surface area contributed by atoms with Crippen molar-refractivity contribution in [1.29, 1.82) is 0 Å². The number of imidazole rings is 1. The van der Waals surface area contributed by atoms with E-state index in [9.17, 15) is 0 Å². The molecule has 4 aromatic heterocycles. The van der Waals surface area contributed by atoms with Crippen molar-refractivity contribution in [2.75, 3.05) is 0 Å². The number of aryl methyl sites for hydroxylation is 1. The second-order valence-electron chi connectivity index (χ2n) is 5.26. The summed E-state index contributed by atoms with van der Waals surface area (Å²) < 4.78 is 7.15. The Morgan fingerprint density at radius 1 is 1.27 bits per heavy atom. The van der Waals surface area contributed by atoms with Crippen molar-refractivity contribution < 1.29 is 4.42 Å². The Labute approximate surface area is 126 Å². The fourth-order valence-electron chi connectivity index (χ4n) is 2.60. The monoisotopic (exact) mass is 291 g/mol. The van der Waals surface area contributed by atoms with Crippen LogP contribution in [0.4, 0.5) is 0 Å². The highest BCUT2D eigenvalue weighted by Crippen LogP contribution is 2.26. The molecule has 0 bridgehead atoms. The number of aromatic nitrogens is 5. The highest BCUT2D eigenvalue weighted by atomic mass is 16.4. The van der Waals surface area contributed by atoms with Crippen LogP contribution >= 0.6 is 0 Å². The van der Waals surface area contributed by atoms with Crippen molar-refractivity contribution in [2.45, 2.75) is 13.8 Å². The summed E-state index contributed by atoms with van der Waals surface area (Å²) >= 11 is 0. The number of hydrogen-bond acceptors (Lipinski definition) is 5. The average Bonchev–Trinajstić information content (AvgIpc) is 3.14. The second-order valence-corrected chi connectivity index (χ2v) is 5.26. The molecule has 0 amide bonds. The minimum absolute atomic E-state index is 0.393. The van der Waals surface area contributed by atoms with E-state index in [4.69, 9.17) is 4.42 Å². The standard InChI is InChI=1S/C16H13N5O/c1-9(2)12-6-10(3)18-15-11(12)4-5-14-19-13(7-21(14)15)16-20-17-8-22-16/h4-8H,1H2,2-3H3. The molecule has 0 saturated heterocycles. The Morgan fingerprint density at radius 2 is 2.14 bits per heavy atom. The maximum Gasteiger partial charge on any atom is 0.267 e. The van der Waals surface area contributed by atoms with Gasteiger partial charge >= 0.3 is 0 Å². The van der Waals surface area contributed by atoms with Gasteiger partial charge in [-0.1, -0.05) is 12.2 Å². The molecular weight excluding hydrogens is 278 g/mol. The minimum Gasteiger partial charge on any atom is -0.422 e. The Hall–Kier alpha value is -3.02. The van der Waals surface area contributed by atoms with Crippen LogP contribution in [0, 0.1) is 6.92 Å². The van der Waals surface area contributed by atoms with Crippen LogP contribution in [0.5, 0.6) is 0 Å². The number of allylic oxidation sites excluding steroid dienone is 1. The van der Waals surface area contributed by atoms with Crippen LogP contribution in [0.25, 0.3) is 33.8 Å². The normalized spacial score (nSPS) is 11.4. The molecule has 0 fully saturated rings. The van der Waals surface area contributed by atoms with E-state index in [-0.39, 0.29) is 0 Å². The Morgan fingerprint density at radius 3 is 2.86 bits per heavy atom. The SMILES string of the molecule is C=C(C)c1cc(C)nc2c1ccc1nc(-c3nnco3)cn12. The first-order valence-corrected chi connectivity index (χ1v) is 6.85. The molecule has 0 spiro atoms. The van der Waals surface area contributed by atoms with Gasteiger partial charge in [0.05, 0.1) is 0 Å². The maximum absolute atomic E-state index is 5.21. The van der Waals surface area contributed by atoms with Gasteiger partial charge < -0.3 is 4.42 Å². The van der Waals surface area contributed by atoms with Crippen LogP contribution in [0.2, 0.25) is 0 Å². The minimum atomic E-state index is 0.393. The van der Waals surface area contributed by atoms with Crippen LogP contribution in [0.3, 0.4) is 0 Å². The molecule has 108 valence electrons. The van der Waals surface area contributed by atoms with Crippen molar-refractivity contribution >= 4 is 22.3 Å². The fourth-order valence-corrected chi connectivity index (χ4v) is 2.60. The van der Waals surface area contributed by atoms with Crippen molar-refractivity contribution in [2.24, 2.45) is 0 Å². The molecule has 6 nitrogen and oxygen atoms in total. The largest absolute Gasteiger partial charge is 0.422 e. The van der Waals surface area contributed by atoms with E-state index in [1.165, 1.54) is 6.39 Å². The van der Waals surface area contributed by atoms with Crippen molar-refractivity contribution in [1.82, 2.24) is 24.6 Å². The van der Waals surface area contributed by atoms with Gasteiger partial charge in [0.1, 0.15) is 17.0 Å². The van der Waals surface area contributed by atoms with Crippen LogP contribution < -0.4 is 0 Å². The van der Waals surface area contributed by atoms with Gasteiger partial charge in [0, 0.05) is 17.3 Å². The summed E-state index contributed by atoms with van der Waals surface area (Å²) in [6.07, 6.45) is 3.15. The lowest BCUT2D eigenvalue weighted by Crippen LogP contribution is -1.95. The molecule has 0 aliphatic carbocycles. The molecule has 0 unspecified atom stereocenters. The van der Waals surface area contributed by atoms with Crippen LogP contribution in [-0.4, -0.2) is 24.6 Å². The number of rotatable bonds is 2. The highest BCUT2D eigenvalue weighted by Gasteiger charge is 2.13. The maximum atomic E-state index is 5.21. The third kappa shape index (κ3) is 1.81.